The van der Waals surface area contributed by atoms with Crippen LogP contribution >= 0.6 is 0 Å². The molecule has 1 N–H and O–H groups in total. The number of nitroso groups, excluding NO2 is 1. The maximum Gasteiger partial charge on any atom is 0.307 e. The number of carboxylic acid groups (broad SMARTS) is 1. The van der Waals surface area contributed by atoms with E-state index < -0.39 is 5.97 Å². The smallest absolute Gasteiger partial charge is 0.307 e. The van der Waals surface area contributed by atoms with E-state index in [1.165, 1.54) is 5.01 Å². The molecule has 1 unspecified atom stereocenters. The molecule has 138 valence electrons. The number of rotatable bonds is 2. The summed E-state index contributed by atoms with van der Waals surface area (Å²) in [5.41, 5.74) is -0.156. The average Bonchev–Trinajstić information content (AvgIpc) is 2.93. The van der Waals surface area contributed by atoms with E-state index in [9.17, 15) is 19.6 Å². The van der Waals surface area contributed by atoms with Gasteiger partial charge in [-0.2, -0.15) is 5.01 Å². The fraction of sp³-hybridized carbons (Fsp3) is 0.895. The summed E-state index contributed by atoms with van der Waals surface area (Å²) in [6.45, 7) is 4.43. The Bertz CT molecular complexity index is 623. The van der Waals surface area contributed by atoms with Crippen molar-refractivity contribution in [3.63, 3.8) is 0 Å². The number of fused-ring (bicyclic) bond motifs is 5. The molecule has 0 aromatic heterocycles. The van der Waals surface area contributed by atoms with Crippen LogP contribution in [0.5, 0.6) is 0 Å². The SMILES string of the molecule is C[C@]12CC[C@H]3[C@@H](CCC4N(N=O)C(=O)CC[C@@]43C)[C@@H]1CC[C@@H]2C(=O)O. The molecular formula is C19H28N2O4. The molecule has 4 fully saturated rings. The maximum absolute atomic E-state index is 12.1. The molecule has 1 amide bonds. The summed E-state index contributed by atoms with van der Waals surface area (Å²) in [6, 6.07) is -0.0754. The van der Waals surface area contributed by atoms with Crippen LogP contribution in [-0.4, -0.2) is 28.0 Å². The third-order valence-corrected chi connectivity index (χ3v) is 8.63. The fourth-order valence-corrected chi connectivity index (χ4v) is 7.36. The minimum Gasteiger partial charge on any atom is -0.481 e. The standard InChI is InChI=1S/C19H28N2O4/c1-18-9-7-13-11(12(18)4-5-14(18)17(23)24)3-6-15-19(13,2)10-8-16(22)21(15)20-25/h11-15H,3-10H2,1-2H3,(H,23,24)/t11-,12-,13-,14+,15?,18-,19+/m0/s1. The van der Waals surface area contributed by atoms with Crippen LogP contribution < -0.4 is 0 Å². The molecule has 4 aliphatic rings. The van der Waals surface area contributed by atoms with Crippen molar-refractivity contribution in [1.82, 2.24) is 5.01 Å². The van der Waals surface area contributed by atoms with Crippen molar-refractivity contribution in [1.29, 1.82) is 0 Å². The van der Waals surface area contributed by atoms with E-state index in [0.29, 0.717) is 24.2 Å². The van der Waals surface area contributed by atoms with Crippen LogP contribution in [-0.2, 0) is 9.59 Å². The number of hydrogen-bond donors (Lipinski definition) is 1. The Morgan fingerprint density at radius 1 is 1.08 bits per heavy atom. The van der Waals surface area contributed by atoms with Crippen LogP contribution in [0.1, 0.15) is 65.2 Å². The second-order valence-electron chi connectivity index (χ2n) is 9.31. The molecule has 4 rings (SSSR count). The number of piperidine rings is 1. The number of nitrogens with zero attached hydrogens (tertiary/aromatic N) is 2. The van der Waals surface area contributed by atoms with Gasteiger partial charge in [-0.3, -0.25) is 9.59 Å². The lowest BCUT2D eigenvalue weighted by molar-refractivity contribution is -0.165. The van der Waals surface area contributed by atoms with Crippen LogP contribution in [0.25, 0.3) is 0 Å². The Labute approximate surface area is 148 Å². The lowest BCUT2D eigenvalue weighted by Crippen LogP contribution is -2.61. The van der Waals surface area contributed by atoms with Crippen molar-refractivity contribution < 1.29 is 14.7 Å². The minimum absolute atomic E-state index is 0.0621. The van der Waals surface area contributed by atoms with Gasteiger partial charge in [0.2, 0.25) is 5.91 Å². The molecule has 1 saturated heterocycles. The molecule has 0 aromatic rings. The van der Waals surface area contributed by atoms with Gasteiger partial charge in [0.25, 0.3) is 0 Å². The van der Waals surface area contributed by atoms with Gasteiger partial charge in [-0.15, -0.1) is 4.91 Å². The molecule has 0 aromatic carbocycles. The summed E-state index contributed by atoms with van der Waals surface area (Å²) in [5, 5.41) is 13.9. The normalized spacial score (nSPS) is 49.1. The Hall–Kier alpha value is -1.46. The molecular weight excluding hydrogens is 320 g/mol. The Balaban J connectivity index is 1.65. The van der Waals surface area contributed by atoms with E-state index in [0.717, 1.165) is 44.9 Å². The predicted molar refractivity (Wildman–Crippen MR) is 91.2 cm³/mol. The third-order valence-electron chi connectivity index (χ3n) is 8.63. The second-order valence-corrected chi connectivity index (χ2v) is 9.31. The summed E-state index contributed by atoms with van der Waals surface area (Å²) in [5.74, 6) is 0.456. The van der Waals surface area contributed by atoms with E-state index in [4.69, 9.17) is 0 Å². The lowest BCUT2D eigenvalue weighted by atomic mass is 9.47. The predicted octanol–water partition coefficient (Wildman–Crippen LogP) is 3.60. The van der Waals surface area contributed by atoms with Crippen molar-refractivity contribution >= 4 is 11.9 Å². The van der Waals surface area contributed by atoms with Crippen LogP contribution in [0, 0.1) is 39.4 Å². The molecule has 6 heteroatoms. The monoisotopic (exact) mass is 348 g/mol. The van der Waals surface area contributed by atoms with Crippen molar-refractivity contribution in [3.05, 3.63) is 4.91 Å². The van der Waals surface area contributed by atoms with Gasteiger partial charge >= 0.3 is 5.97 Å². The molecule has 1 aliphatic heterocycles. The minimum atomic E-state index is -0.636. The quantitative estimate of drug-likeness (QED) is 0.772. The van der Waals surface area contributed by atoms with Crippen LogP contribution in [0.4, 0.5) is 0 Å². The zero-order valence-electron chi connectivity index (χ0n) is 15.1. The van der Waals surface area contributed by atoms with Crippen molar-refractivity contribution in [2.45, 2.75) is 71.3 Å². The summed E-state index contributed by atoms with van der Waals surface area (Å²) in [7, 11) is 0. The molecule has 7 atom stereocenters. The first-order chi connectivity index (χ1) is 11.8. The van der Waals surface area contributed by atoms with Crippen molar-refractivity contribution in [3.8, 4) is 0 Å². The van der Waals surface area contributed by atoms with E-state index in [1.54, 1.807) is 0 Å². The average molecular weight is 348 g/mol. The Kier molecular flexibility index (Phi) is 3.75. The second kappa shape index (κ2) is 5.52. The van der Waals surface area contributed by atoms with Crippen LogP contribution in [0.2, 0.25) is 0 Å². The van der Waals surface area contributed by atoms with Gasteiger partial charge in [0, 0.05) is 6.42 Å². The maximum atomic E-state index is 12.1. The highest BCUT2D eigenvalue weighted by Crippen LogP contribution is 2.66. The van der Waals surface area contributed by atoms with Gasteiger partial charge in [-0.25, -0.2) is 0 Å². The Morgan fingerprint density at radius 2 is 1.80 bits per heavy atom. The van der Waals surface area contributed by atoms with E-state index >= 15 is 0 Å². The number of hydrogen-bond acceptors (Lipinski definition) is 4. The topological polar surface area (TPSA) is 87.0 Å². The summed E-state index contributed by atoms with van der Waals surface area (Å²) >= 11 is 0. The molecule has 6 nitrogen and oxygen atoms in total. The summed E-state index contributed by atoms with van der Waals surface area (Å²) in [6.07, 6.45) is 6.79. The first-order valence-electron chi connectivity index (χ1n) is 9.71. The van der Waals surface area contributed by atoms with Crippen LogP contribution in [0.15, 0.2) is 5.29 Å². The van der Waals surface area contributed by atoms with E-state index in [-0.39, 0.29) is 28.7 Å². The van der Waals surface area contributed by atoms with Crippen molar-refractivity contribution in [2.75, 3.05) is 0 Å². The number of carbonyl (C=O) groups is 2. The zero-order chi connectivity index (χ0) is 18.0. The van der Waals surface area contributed by atoms with Gasteiger partial charge in [-0.1, -0.05) is 13.8 Å². The molecule has 0 bridgehead atoms. The molecule has 25 heavy (non-hydrogen) atoms. The highest BCUT2D eigenvalue weighted by molar-refractivity contribution is 5.77. The first-order valence-corrected chi connectivity index (χ1v) is 9.71. The molecule has 1 heterocycles. The van der Waals surface area contributed by atoms with Gasteiger partial charge < -0.3 is 5.11 Å². The molecule has 3 aliphatic carbocycles. The number of aliphatic carboxylic acids is 1. The molecule has 3 saturated carbocycles. The number of amides is 1. The van der Waals surface area contributed by atoms with Gasteiger partial charge in [0.15, 0.2) is 0 Å². The lowest BCUT2D eigenvalue weighted by Gasteiger charge is -2.60. The highest BCUT2D eigenvalue weighted by Gasteiger charge is 2.62. The Morgan fingerprint density at radius 3 is 2.48 bits per heavy atom. The molecule has 0 spiro atoms. The highest BCUT2D eigenvalue weighted by atomic mass is 16.4. The van der Waals surface area contributed by atoms with E-state index in [2.05, 4.69) is 19.1 Å². The third kappa shape index (κ3) is 2.15. The van der Waals surface area contributed by atoms with Crippen LogP contribution in [0.3, 0.4) is 0 Å². The molecule has 0 radical (unpaired) electrons. The van der Waals surface area contributed by atoms with Crippen molar-refractivity contribution in [2.24, 2.45) is 39.8 Å². The van der Waals surface area contributed by atoms with Gasteiger partial charge in [0.05, 0.1) is 17.2 Å². The summed E-state index contributed by atoms with van der Waals surface area (Å²) < 4.78 is 0. The summed E-state index contributed by atoms with van der Waals surface area (Å²) in [4.78, 5) is 35.1. The van der Waals surface area contributed by atoms with Gasteiger partial charge in [-0.05, 0) is 73.5 Å². The van der Waals surface area contributed by atoms with E-state index in [1.807, 2.05) is 0 Å². The zero-order valence-corrected chi connectivity index (χ0v) is 15.1. The number of carboxylic acids is 1. The fourth-order valence-electron chi connectivity index (χ4n) is 7.36. The number of carbonyl (C=O) groups excluding carboxylic acids is 1. The first kappa shape index (κ1) is 17.0. The van der Waals surface area contributed by atoms with Gasteiger partial charge in [0.1, 0.15) is 0 Å². The largest absolute Gasteiger partial charge is 0.481 e.